The minimum atomic E-state index is -0.543. The molecule has 0 saturated heterocycles. The molecular weight excluding hydrogens is 214 g/mol. The van der Waals surface area contributed by atoms with Crippen molar-refractivity contribution in [2.24, 2.45) is 5.92 Å². The van der Waals surface area contributed by atoms with Crippen LogP contribution in [-0.4, -0.2) is 12.3 Å². The zero-order chi connectivity index (χ0) is 12.5. The lowest BCUT2D eigenvalue weighted by atomic mass is 10.1. The summed E-state index contributed by atoms with van der Waals surface area (Å²) in [5, 5.41) is 3.40. The third kappa shape index (κ3) is 3.05. The van der Waals surface area contributed by atoms with Crippen LogP contribution < -0.4 is 14.8 Å². The lowest BCUT2D eigenvalue weighted by molar-refractivity contribution is -0.0431. The summed E-state index contributed by atoms with van der Waals surface area (Å²) in [7, 11) is 0. The van der Waals surface area contributed by atoms with E-state index in [1.54, 1.807) is 0 Å². The molecular formula is C14H21NO2. The standard InChI is InChI=1S/C14H21NO2/c1-10(2)7-8-15-11-5-6-12-13(9-11)17-14(3,4)16-12/h5-6,9-10,15H,7-8H2,1-4H3. The first-order valence-electron chi connectivity index (χ1n) is 6.22. The molecule has 1 aliphatic heterocycles. The van der Waals surface area contributed by atoms with Gasteiger partial charge in [0, 0.05) is 32.1 Å². The van der Waals surface area contributed by atoms with E-state index in [1.165, 1.54) is 6.42 Å². The first-order chi connectivity index (χ1) is 7.96. The fraction of sp³-hybridized carbons (Fsp3) is 0.571. The molecule has 0 amide bonds. The molecule has 0 saturated carbocycles. The predicted octanol–water partition coefficient (Wildman–Crippen LogP) is 3.65. The highest BCUT2D eigenvalue weighted by Gasteiger charge is 2.31. The maximum Gasteiger partial charge on any atom is 0.246 e. The van der Waals surface area contributed by atoms with Crippen LogP contribution in [-0.2, 0) is 0 Å². The van der Waals surface area contributed by atoms with Crippen LogP contribution in [0.4, 0.5) is 5.69 Å². The van der Waals surface area contributed by atoms with Gasteiger partial charge in [0.05, 0.1) is 0 Å². The molecule has 1 aromatic rings. The SMILES string of the molecule is CC(C)CCNc1ccc2c(c1)OC(C)(C)O2. The summed E-state index contributed by atoms with van der Waals surface area (Å²) in [5.41, 5.74) is 1.09. The summed E-state index contributed by atoms with van der Waals surface area (Å²) < 4.78 is 11.3. The molecule has 2 rings (SSSR count). The molecule has 0 bridgehead atoms. The number of hydrogen-bond acceptors (Lipinski definition) is 3. The molecule has 0 radical (unpaired) electrons. The number of ether oxygens (including phenoxy) is 2. The van der Waals surface area contributed by atoms with E-state index in [0.29, 0.717) is 0 Å². The van der Waals surface area contributed by atoms with Crippen molar-refractivity contribution >= 4 is 5.69 Å². The van der Waals surface area contributed by atoms with E-state index in [2.05, 4.69) is 19.2 Å². The summed E-state index contributed by atoms with van der Waals surface area (Å²) in [6.45, 7) is 9.27. The lowest BCUT2D eigenvalue weighted by Gasteiger charge is -2.16. The first-order valence-corrected chi connectivity index (χ1v) is 6.22. The molecule has 3 heteroatoms. The Morgan fingerprint density at radius 1 is 1.18 bits per heavy atom. The quantitative estimate of drug-likeness (QED) is 0.864. The molecule has 1 N–H and O–H groups in total. The number of hydrogen-bond donors (Lipinski definition) is 1. The van der Waals surface area contributed by atoms with Crippen molar-refractivity contribution in [3.63, 3.8) is 0 Å². The van der Waals surface area contributed by atoms with Crippen molar-refractivity contribution in [3.05, 3.63) is 18.2 Å². The van der Waals surface area contributed by atoms with E-state index in [1.807, 2.05) is 32.0 Å². The van der Waals surface area contributed by atoms with Gasteiger partial charge in [-0.1, -0.05) is 13.8 Å². The molecule has 0 fully saturated rings. The maximum atomic E-state index is 5.70. The average Bonchev–Trinajstić information content (AvgIpc) is 2.50. The van der Waals surface area contributed by atoms with E-state index in [0.717, 1.165) is 29.6 Å². The van der Waals surface area contributed by atoms with Crippen molar-refractivity contribution in [3.8, 4) is 11.5 Å². The fourth-order valence-corrected chi connectivity index (χ4v) is 1.84. The van der Waals surface area contributed by atoms with Gasteiger partial charge in [0.1, 0.15) is 0 Å². The molecule has 1 aromatic carbocycles. The number of benzene rings is 1. The molecule has 0 atom stereocenters. The topological polar surface area (TPSA) is 30.5 Å². The number of rotatable bonds is 4. The van der Waals surface area contributed by atoms with Crippen LogP contribution in [0.25, 0.3) is 0 Å². The van der Waals surface area contributed by atoms with Crippen molar-refractivity contribution in [2.45, 2.75) is 39.9 Å². The zero-order valence-corrected chi connectivity index (χ0v) is 11.0. The zero-order valence-electron chi connectivity index (χ0n) is 11.0. The molecule has 1 aliphatic rings. The van der Waals surface area contributed by atoms with Gasteiger partial charge in [-0.05, 0) is 24.5 Å². The Balaban J connectivity index is 1.99. The largest absolute Gasteiger partial charge is 0.449 e. The van der Waals surface area contributed by atoms with Crippen molar-refractivity contribution in [2.75, 3.05) is 11.9 Å². The second-order valence-corrected chi connectivity index (χ2v) is 5.37. The van der Waals surface area contributed by atoms with Gasteiger partial charge in [-0.15, -0.1) is 0 Å². The van der Waals surface area contributed by atoms with E-state index < -0.39 is 5.79 Å². The fourth-order valence-electron chi connectivity index (χ4n) is 1.84. The molecule has 94 valence electrons. The van der Waals surface area contributed by atoms with Gasteiger partial charge < -0.3 is 14.8 Å². The molecule has 0 spiro atoms. The van der Waals surface area contributed by atoms with E-state index in [9.17, 15) is 0 Å². The third-order valence-corrected chi connectivity index (χ3v) is 2.71. The molecule has 0 aliphatic carbocycles. The van der Waals surface area contributed by atoms with E-state index >= 15 is 0 Å². The van der Waals surface area contributed by atoms with Gasteiger partial charge >= 0.3 is 0 Å². The van der Waals surface area contributed by atoms with Crippen molar-refractivity contribution in [1.82, 2.24) is 0 Å². The predicted molar refractivity (Wildman–Crippen MR) is 69.7 cm³/mol. The number of fused-ring (bicyclic) bond motifs is 1. The Bertz CT molecular complexity index is 399. The highest BCUT2D eigenvalue weighted by Crippen LogP contribution is 2.40. The minimum absolute atomic E-state index is 0.543. The molecule has 1 heterocycles. The highest BCUT2D eigenvalue weighted by molar-refractivity contribution is 5.56. The van der Waals surface area contributed by atoms with Crippen LogP contribution in [0.15, 0.2) is 18.2 Å². The smallest absolute Gasteiger partial charge is 0.246 e. The van der Waals surface area contributed by atoms with Gasteiger partial charge in [0.25, 0.3) is 0 Å². The maximum absolute atomic E-state index is 5.70. The molecule has 0 aromatic heterocycles. The van der Waals surface area contributed by atoms with Crippen molar-refractivity contribution < 1.29 is 9.47 Å². The summed E-state index contributed by atoms with van der Waals surface area (Å²) in [5.74, 6) is 1.82. The van der Waals surface area contributed by atoms with Gasteiger partial charge in [0.15, 0.2) is 11.5 Å². The Kier molecular flexibility index (Phi) is 3.18. The minimum Gasteiger partial charge on any atom is -0.449 e. The summed E-state index contributed by atoms with van der Waals surface area (Å²) in [6, 6.07) is 6.00. The summed E-state index contributed by atoms with van der Waals surface area (Å²) in [4.78, 5) is 0. The lowest BCUT2D eigenvalue weighted by Crippen LogP contribution is -2.29. The normalized spacial score (nSPS) is 16.3. The second kappa shape index (κ2) is 4.47. The average molecular weight is 235 g/mol. The van der Waals surface area contributed by atoms with E-state index in [-0.39, 0.29) is 0 Å². The van der Waals surface area contributed by atoms with E-state index in [4.69, 9.17) is 9.47 Å². The van der Waals surface area contributed by atoms with Gasteiger partial charge in [-0.25, -0.2) is 0 Å². The summed E-state index contributed by atoms with van der Waals surface area (Å²) in [6.07, 6.45) is 1.17. The number of anilines is 1. The highest BCUT2D eigenvalue weighted by atomic mass is 16.7. The van der Waals surface area contributed by atoms with Gasteiger partial charge in [-0.2, -0.15) is 0 Å². The Morgan fingerprint density at radius 3 is 2.59 bits per heavy atom. The Morgan fingerprint density at radius 2 is 1.88 bits per heavy atom. The van der Waals surface area contributed by atoms with Gasteiger partial charge in [-0.3, -0.25) is 0 Å². The van der Waals surface area contributed by atoms with Crippen LogP contribution in [0.3, 0.4) is 0 Å². The van der Waals surface area contributed by atoms with Crippen LogP contribution in [0.5, 0.6) is 11.5 Å². The molecule has 0 unspecified atom stereocenters. The van der Waals surface area contributed by atoms with Gasteiger partial charge in [0.2, 0.25) is 5.79 Å². The van der Waals surface area contributed by atoms with Crippen molar-refractivity contribution in [1.29, 1.82) is 0 Å². The second-order valence-electron chi connectivity index (χ2n) is 5.37. The summed E-state index contributed by atoms with van der Waals surface area (Å²) >= 11 is 0. The third-order valence-electron chi connectivity index (χ3n) is 2.71. The van der Waals surface area contributed by atoms with Crippen LogP contribution in [0, 0.1) is 5.92 Å². The van der Waals surface area contributed by atoms with Crippen LogP contribution >= 0.6 is 0 Å². The first kappa shape index (κ1) is 12.1. The Labute approximate surface area is 103 Å². The monoisotopic (exact) mass is 235 g/mol. The number of nitrogens with one attached hydrogen (secondary N) is 1. The van der Waals surface area contributed by atoms with Crippen LogP contribution in [0.2, 0.25) is 0 Å². The molecule has 3 nitrogen and oxygen atoms in total. The molecule has 17 heavy (non-hydrogen) atoms. The Hall–Kier alpha value is -1.38. The van der Waals surface area contributed by atoms with Crippen LogP contribution in [0.1, 0.15) is 34.1 Å².